The molecule has 0 saturated carbocycles. The van der Waals surface area contributed by atoms with Gasteiger partial charge in [-0.15, -0.1) is 12.4 Å². The lowest BCUT2D eigenvalue weighted by Crippen LogP contribution is -2.30. The van der Waals surface area contributed by atoms with Crippen LogP contribution in [0.3, 0.4) is 0 Å². The molecular formula is C11H15Cl3N2. The molecule has 2 nitrogen and oxygen atoms in total. The summed E-state index contributed by atoms with van der Waals surface area (Å²) in [6.07, 6.45) is 1.19. The van der Waals surface area contributed by atoms with Gasteiger partial charge in [-0.05, 0) is 30.7 Å². The molecule has 1 heterocycles. The zero-order chi connectivity index (χ0) is 10.7. The smallest absolute Gasteiger partial charge is 0.0465 e. The third-order valence-corrected chi connectivity index (χ3v) is 3.24. The fourth-order valence-corrected chi connectivity index (χ4v) is 2.22. The Morgan fingerprint density at radius 2 is 2.19 bits per heavy atom. The second-order valence-corrected chi connectivity index (χ2v) is 4.65. The highest BCUT2D eigenvalue weighted by Crippen LogP contribution is 2.20. The molecule has 1 aromatic carbocycles. The Morgan fingerprint density at radius 3 is 2.81 bits per heavy atom. The molecule has 2 N–H and O–H groups in total. The van der Waals surface area contributed by atoms with Gasteiger partial charge in [-0.2, -0.15) is 0 Å². The fraction of sp³-hybridized carbons (Fsp3) is 0.455. The van der Waals surface area contributed by atoms with Crippen LogP contribution < -0.4 is 10.6 Å². The zero-order valence-corrected chi connectivity index (χ0v) is 11.1. The Labute approximate surface area is 112 Å². The molecule has 0 radical (unpaired) electrons. The van der Waals surface area contributed by atoms with E-state index in [1.54, 1.807) is 6.07 Å². The van der Waals surface area contributed by atoms with Crippen LogP contribution in [0.4, 0.5) is 0 Å². The molecule has 90 valence electrons. The van der Waals surface area contributed by atoms with E-state index in [1.165, 1.54) is 6.42 Å². The van der Waals surface area contributed by atoms with E-state index >= 15 is 0 Å². The van der Waals surface area contributed by atoms with E-state index in [0.717, 1.165) is 30.2 Å². The van der Waals surface area contributed by atoms with Crippen LogP contribution in [0.25, 0.3) is 0 Å². The van der Waals surface area contributed by atoms with Crippen molar-refractivity contribution in [1.82, 2.24) is 10.6 Å². The Hall–Kier alpha value is 0.01000. The largest absolute Gasteiger partial charge is 0.315 e. The highest BCUT2D eigenvalue weighted by molar-refractivity contribution is 6.35. The van der Waals surface area contributed by atoms with E-state index < -0.39 is 0 Å². The van der Waals surface area contributed by atoms with Crippen LogP contribution in [-0.4, -0.2) is 19.1 Å². The lowest BCUT2D eigenvalue weighted by Gasteiger charge is -2.12. The first-order valence-electron chi connectivity index (χ1n) is 5.14. The van der Waals surface area contributed by atoms with E-state index in [9.17, 15) is 0 Å². The average Bonchev–Trinajstić information content (AvgIpc) is 2.69. The van der Waals surface area contributed by atoms with Crippen molar-refractivity contribution in [3.05, 3.63) is 33.8 Å². The number of benzene rings is 1. The molecule has 1 aromatic rings. The summed E-state index contributed by atoms with van der Waals surface area (Å²) in [5, 5.41) is 8.21. The van der Waals surface area contributed by atoms with Gasteiger partial charge in [0.2, 0.25) is 0 Å². The molecule has 2 rings (SSSR count). The van der Waals surface area contributed by atoms with E-state index in [1.807, 2.05) is 12.1 Å². The van der Waals surface area contributed by atoms with E-state index in [4.69, 9.17) is 23.2 Å². The highest BCUT2D eigenvalue weighted by atomic mass is 35.5. The molecule has 0 aliphatic carbocycles. The van der Waals surface area contributed by atoms with Crippen molar-refractivity contribution in [2.45, 2.75) is 19.0 Å². The first-order valence-corrected chi connectivity index (χ1v) is 5.89. The molecule has 0 bridgehead atoms. The average molecular weight is 282 g/mol. The molecule has 1 aliphatic heterocycles. The van der Waals surface area contributed by atoms with Crippen molar-refractivity contribution in [2.75, 3.05) is 13.1 Å². The van der Waals surface area contributed by atoms with Gasteiger partial charge < -0.3 is 10.6 Å². The SMILES string of the molecule is Cl.Clc1ccc(CNC2CCNC2)c(Cl)c1. The standard InChI is InChI=1S/C11H14Cl2N2.ClH/c12-9-2-1-8(11(13)5-9)6-15-10-3-4-14-7-10;/h1-2,5,10,14-15H,3-4,6-7H2;1H. The first kappa shape index (κ1) is 14.1. The van der Waals surface area contributed by atoms with Crippen molar-refractivity contribution in [3.8, 4) is 0 Å². The Kier molecular flexibility index (Phi) is 5.87. The van der Waals surface area contributed by atoms with Gasteiger partial charge in [0.05, 0.1) is 0 Å². The van der Waals surface area contributed by atoms with Crippen LogP contribution >= 0.6 is 35.6 Å². The van der Waals surface area contributed by atoms with Gasteiger partial charge in [0.1, 0.15) is 0 Å². The van der Waals surface area contributed by atoms with E-state index in [-0.39, 0.29) is 12.4 Å². The highest BCUT2D eigenvalue weighted by Gasteiger charge is 2.13. The van der Waals surface area contributed by atoms with Gasteiger partial charge in [0, 0.05) is 29.2 Å². The molecule has 5 heteroatoms. The summed E-state index contributed by atoms with van der Waals surface area (Å²) in [5.41, 5.74) is 1.10. The van der Waals surface area contributed by atoms with E-state index in [2.05, 4.69) is 10.6 Å². The minimum absolute atomic E-state index is 0. The second kappa shape index (κ2) is 6.67. The zero-order valence-electron chi connectivity index (χ0n) is 8.80. The van der Waals surface area contributed by atoms with Crippen LogP contribution in [0.15, 0.2) is 18.2 Å². The van der Waals surface area contributed by atoms with Crippen LogP contribution in [0.2, 0.25) is 10.0 Å². The molecule has 1 unspecified atom stereocenters. The molecule has 0 amide bonds. The van der Waals surface area contributed by atoms with Crippen molar-refractivity contribution >= 4 is 35.6 Å². The van der Waals surface area contributed by atoms with E-state index in [0.29, 0.717) is 11.1 Å². The van der Waals surface area contributed by atoms with Crippen molar-refractivity contribution in [1.29, 1.82) is 0 Å². The molecule has 1 saturated heterocycles. The summed E-state index contributed by atoms with van der Waals surface area (Å²) in [7, 11) is 0. The molecule has 16 heavy (non-hydrogen) atoms. The Morgan fingerprint density at radius 1 is 1.38 bits per heavy atom. The predicted octanol–water partition coefficient (Wildman–Crippen LogP) is 2.87. The maximum absolute atomic E-state index is 6.07. The minimum Gasteiger partial charge on any atom is -0.315 e. The van der Waals surface area contributed by atoms with Gasteiger partial charge in [-0.1, -0.05) is 29.3 Å². The summed E-state index contributed by atoms with van der Waals surface area (Å²) in [4.78, 5) is 0. The quantitative estimate of drug-likeness (QED) is 0.890. The number of nitrogens with one attached hydrogen (secondary N) is 2. The monoisotopic (exact) mass is 280 g/mol. The van der Waals surface area contributed by atoms with Crippen LogP contribution in [0, 0.1) is 0 Å². The van der Waals surface area contributed by atoms with Crippen LogP contribution in [-0.2, 0) is 6.54 Å². The lowest BCUT2D eigenvalue weighted by atomic mass is 10.2. The molecule has 1 fully saturated rings. The summed E-state index contributed by atoms with van der Waals surface area (Å²) >= 11 is 11.9. The summed E-state index contributed by atoms with van der Waals surface area (Å²) in [6, 6.07) is 6.20. The fourth-order valence-electron chi connectivity index (χ4n) is 1.75. The molecule has 0 aromatic heterocycles. The summed E-state index contributed by atoms with van der Waals surface area (Å²) in [5.74, 6) is 0. The Balaban J connectivity index is 0.00000128. The summed E-state index contributed by atoms with van der Waals surface area (Å²) in [6.45, 7) is 2.96. The molecular weight excluding hydrogens is 266 g/mol. The maximum Gasteiger partial charge on any atom is 0.0465 e. The number of hydrogen-bond acceptors (Lipinski definition) is 2. The molecule has 1 aliphatic rings. The first-order chi connectivity index (χ1) is 7.25. The van der Waals surface area contributed by atoms with Gasteiger partial charge in [-0.3, -0.25) is 0 Å². The third-order valence-electron chi connectivity index (χ3n) is 2.66. The third kappa shape index (κ3) is 3.79. The normalized spacial score (nSPS) is 19.5. The van der Waals surface area contributed by atoms with Crippen molar-refractivity contribution < 1.29 is 0 Å². The maximum atomic E-state index is 6.07. The van der Waals surface area contributed by atoms with Crippen molar-refractivity contribution in [2.24, 2.45) is 0 Å². The summed E-state index contributed by atoms with van der Waals surface area (Å²) < 4.78 is 0. The van der Waals surface area contributed by atoms with Gasteiger partial charge in [0.15, 0.2) is 0 Å². The van der Waals surface area contributed by atoms with Crippen molar-refractivity contribution in [3.63, 3.8) is 0 Å². The lowest BCUT2D eigenvalue weighted by molar-refractivity contribution is 0.547. The minimum atomic E-state index is 0. The number of rotatable bonds is 3. The number of hydrogen-bond donors (Lipinski definition) is 2. The number of halogens is 3. The molecule has 1 atom stereocenters. The predicted molar refractivity (Wildman–Crippen MR) is 71.8 cm³/mol. The van der Waals surface area contributed by atoms with Crippen LogP contribution in [0.1, 0.15) is 12.0 Å². The second-order valence-electron chi connectivity index (χ2n) is 3.81. The Bertz CT molecular complexity index is 338. The molecule has 0 spiro atoms. The van der Waals surface area contributed by atoms with Crippen LogP contribution in [0.5, 0.6) is 0 Å². The van der Waals surface area contributed by atoms with Gasteiger partial charge in [-0.25, -0.2) is 0 Å². The van der Waals surface area contributed by atoms with Gasteiger partial charge in [0.25, 0.3) is 0 Å². The topological polar surface area (TPSA) is 24.1 Å². The van der Waals surface area contributed by atoms with Gasteiger partial charge >= 0.3 is 0 Å².